The highest BCUT2D eigenvalue weighted by molar-refractivity contribution is 5.19. The largest absolute Gasteiger partial charge is 0.344 e. The molecule has 1 heterocycles. The summed E-state index contributed by atoms with van der Waals surface area (Å²) in [7, 11) is 0. The molecule has 3 N–H and O–H groups in total. The number of H-pyrrole nitrogens is 1. The first-order chi connectivity index (χ1) is 8.47. The van der Waals surface area contributed by atoms with Crippen molar-refractivity contribution in [2.45, 2.75) is 38.6 Å². The molecule has 2 rings (SSSR count). The number of aromatic nitrogens is 2. The van der Waals surface area contributed by atoms with E-state index in [4.69, 9.17) is 5.73 Å². The number of rotatable bonds is 3. The van der Waals surface area contributed by atoms with Crippen LogP contribution in [-0.2, 0) is 11.8 Å². The van der Waals surface area contributed by atoms with Crippen molar-refractivity contribution in [2.24, 2.45) is 5.73 Å². The van der Waals surface area contributed by atoms with Crippen molar-refractivity contribution in [3.63, 3.8) is 0 Å². The Labute approximate surface area is 108 Å². The van der Waals surface area contributed by atoms with Crippen molar-refractivity contribution in [1.82, 2.24) is 9.97 Å². The van der Waals surface area contributed by atoms with E-state index >= 15 is 0 Å². The number of nitrogens with one attached hydrogen (secondary N) is 1. The van der Waals surface area contributed by atoms with Gasteiger partial charge in [0.1, 0.15) is 5.82 Å². The maximum atomic E-state index is 6.19. The van der Waals surface area contributed by atoms with Crippen LogP contribution in [0.1, 0.15) is 43.9 Å². The van der Waals surface area contributed by atoms with Gasteiger partial charge in [-0.05, 0) is 12.0 Å². The van der Waals surface area contributed by atoms with Crippen molar-refractivity contribution in [1.29, 1.82) is 0 Å². The molecule has 0 aliphatic rings. The molecule has 3 nitrogen and oxygen atoms in total. The number of hydrogen-bond acceptors (Lipinski definition) is 2. The molecule has 2 aromatic rings. The van der Waals surface area contributed by atoms with E-state index in [1.54, 1.807) is 0 Å². The van der Waals surface area contributed by atoms with Crippen molar-refractivity contribution in [3.8, 4) is 0 Å². The highest BCUT2D eigenvalue weighted by Gasteiger charge is 2.18. The van der Waals surface area contributed by atoms with Crippen molar-refractivity contribution in [2.75, 3.05) is 0 Å². The molecule has 0 saturated carbocycles. The second kappa shape index (κ2) is 4.94. The van der Waals surface area contributed by atoms with E-state index in [1.807, 2.05) is 24.4 Å². The van der Waals surface area contributed by atoms with Crippen molar-refractivity contribution >= 4 is 0 Å². The summed E-state index contributed by atoms with van der Waals surface area (Å²) in [6, 6.07) is 10.2. The lowest BCUT2D eigenvalue weighted by Crippen LogP contribution is -2.16. The molecule has 0 bridgehead atoms. The van der Waals surface area contributed by atoms with Crippen LogP contribution in [0.5, 0.6) is 0 Å². The van der Waals surface area contributed by atoms with E-state index in [0.717, 1.165) is 17.9 Å². The molecule has 0 unspecified atom stereocenters. The number of aromatic amines is 1. The van der Waals surface area contributed by atoms with Gasteiger partial charge in [-0.15, -0.1) is 0 Å². The minimum absolute atomic E-state index is 0.0801. The van der Waals surface area contributed by atoms with Crippen LogP contribution in [-0.4, -0.2) is 9.97 Å². The summed E-state index contributed by atoms with van der Waals surface area (Å²) < 4.78 is 0. The topological polar surface area (TPSA) is 54.7 Å². The van der Waals surface area contributed by atoms with E-state index in [0.29, 0.717) is 0 Å². The molecule has 1 aromatic carbocycles. The van der Waals surface area contributed by atoms with Gasteiger partial charge in [0.15, 0.2) is 0 Å². The molecular formula is C15H21N3. The molecule has 18 heavy (non-hydrogen) atoms. The number of benzene rings is 1. The highest BCUT2D eigenvalue weighted by Crippen LogP contribution is 2.22. The molecule has 1 aromatic heterocycles. The molecular weight excluding hydrogens is 222 g/mol. The van der Waals surface area contributed by atoms with E-state index in [1.165, 1.54) is 5.56 Å². The van der Waals surface area contributed by atoms with E-state index in [2.05, 4.69) is 42.9 Å². The third-order valence-electron chi connectivity index (χ3n) is 3.05. The van der Waals surface area contributed by atoms with E-state index in [-0.39, 0.29) is 11.5 Å². The lowest BCUT2D eigenvalue weighted by molar-refractivity contribution is 0.567. The standard InChI is InChI=1S/C15H21N3/c1-15(2,3)13-10-17-14(18-13)12(16)9-11-7-5-4-6-8-11/h4-8,10,12H,9,16H2,1-3H3,(H,17,18)/t12-/m0/s1. The highest BCUT2D eigenvalue weighted by atomic mass is 15.0. The Morgan fingerprint density at radius 3 is 2.44 bits per heavy atom. The maximum Gasteiger partial charge on any atom is 0.123 e. The van der Waals surface area contributed by atoms with Gasteiger partial charge in [-0.1, -0.05) is 51.1 Å². The Balaban J connectivity index is 2.10. The summed E-state index contributed by atoms with van der Waals surface area (Å²) in [5.74, 6) is 0.865. The predicted molar refractivity (Wildman–Crippen MR) is 74.4 cm³/mol. The van der Waals surface area contributed by atoms with Gasteiger partial charge in [0.05, 0.1) is 6.04 Å². The minimum Gasteiger partial charge on any atom is -0.344 e. The monoisotopic (exact) mass is 243 g/mol. The average molecular weight is 243 g/mol. The summed E-state index contributed by atoms with van der Waals surface area (Å²) >= 11 is 0. The van der Waals surface area contributed by atoms with Crippen LogP contribution >= 0.6 is 0 Å². The molecule has 0 amide bonds. The smallest absolute Gasteiger partial charge is 0.123 e. The maximum absolute atomic E-state index is 6.19. The van der Waals surface area contributed by atoms with Crippen LogP contribution in [0.4, 0.5) is 0 Å². The molecule has 0 fully saturated rings. The van der Waals surface area contributed by atoms with Crippen LogP contribution < -0.4 is 5.73 Å². The zero-order valence-electron chi connectivity index (χ0n) is 11.3. The predicted octanol–water partition coefficient (Wildman–Crippen LogP) is 2.95. The van der Waals surface area contributed by atoms with Gasteiger partial charge >= 0.3 is 0 Å². The van der Waals surface area contributed by atoms with Gasteiger partial charge < -0.3 is 10.7 Å². The SMILES string of the molecule is CC(C)(C)c1cnc([C@@H](N)Cc2ccccc2)[nH]1. The first-order valence-electron chi connectivity index (χ1n) is 6.31. The molecule has 0 saturated heterocycles. The number of nitrogens with two attached hydrogens (primary N) is 1. The summed E-state index contributed by atoms with van der Waals surface area (Å²) in [6.45, 7) is 6.48. The van der Waals surface area contributed by atoms with Gasteiger partial charge in [0.25, 0.3) is 0 Å². The Kier molecular flexibility index (Phi) is 3.53. The molecule has 96 valence electrons. The molecule has 0 aliphatic heterocycles. The van der Waals surface area contributed by atoms with Gasteiger partial charge in [-0.25, -0.2) is 4.98 Å². The summed E-state index contributed by atoms with van der Waals surface area (Å²) in [6.07, 6.45) is 2.69. The summed E-state index contributed by atoms with van der Waals surface area (Å²) in [4.78, 5) is 7.74. The van der Waals surface area contributed by atoms with Gasteiger partial charge in [-0.3, -0.25) is 0 Å². The second-order valence-electron chi connectivity index (χ2n) is 5.73. The van der Waals surface area contributed by atoms with Crippen LogP contribution in [0.25, 0.3) is 0 Å². The zero-order valence-corrected chi connectivity index (χ0v) is 11.3. The fraction of sp³-hybridized carbons (Fsp3) is 0.400. The Morgan fingerprint density at radius 2 is 1.89 bits per heavy atom. The first-order valence-corrected chi connectivity index (χ1v) is 6.31. The van der Waals surface area contributed by atoms with Crippen LogP contribution in [0.3, 0.4) is 0 Å². The second-order valence-corrected chi connectivity index (χ2v) is 5.73. The Morgan fingerprint density at radius 1 is 1.22 bits per heavy atom. The molecule has 3 heteroatoms. The van der Waals surface area contributed by atoms with E-state index < -0.39 is 0 Å². The van der Waals surface area contributed by atoms with Crippen molar-refractivity contribution < 1.29 is 0 Å². The number of hydrogen-bond donors (Lipinski definition) is 2. The van der Waals surface area contributed by atoms with Crippen LogP contribution in [0, 0.1) is 0 Å². The van der Waals surface area contributed by atoms with Gasteiger partial charge in [-0.2, -0.15) is 0 Å². The summed E-state index contributed by atoms with van der Waals surface area (Å²) in [5, 5.41) is 0. The third kappa shape index (κ3) is 2.99. The molecule has 1 atom stereocenters. The first kappa shape index (κ1) is 12.8. The molecule has 0 aliphatic carbocycles. The summed E-state index contributed by atoms with van der Waals surface area (Å²) in [5.41, 5.74) is 8.63. The molecule has 0 spiro atoms. The van der Waals surface area contributed by atoms with Crippen molar-refractivity contribution in [3.05, 3.63) is 53.6 Å². The lowest BCUT2D eigenvalue weighted by atomic mass is 9.93. The number of imidazole rings is 1. The fourth-order valence-corrected chi connectivity index (χ4v) is 1.87. The van der Waals surface area contributed by atoms with Gasteiger partial charge in [0.2, 0.25) is 0 Å². The van der Waals surface area contributed by atoms with Crippen LogP contribution in [0.15, 0.2) is 36.5 Å². The van der Waals surface area contributed by atoms with E-state index in [9.17, 15) is 0 Å². The zero-order chi connectivity index (χ0) is 13.2. The Bertz CT molecular complexity index is 494. The Hall–Kier alpha value is -1.61. The number of nitrogens with zero attached hydrogens (tertiary/aromatic N) is 1. The lowest BCUT2D eigenvalue weighted by Gasteiger charge is -2.15. The normalized spacial score (nSPS) is 13.6. The molecule has 0 radical (unpaired) electrons. The van der Waals surface area contributed by atoms with Gasteiger partial charge in [0, 0.05) is 17.3 Å². The average Bonchev–Trinajstić information content (AvgIpc) is 2.79. The fourth-order valence-electron chi connectivity index (χ4n) is 1.87. The third-order valence-corrected chi connectivity index (χ3v) is 3.05. The van der Waals surface area contributed by atoms with Crippen LogP contribution in [0.2, 0.25) is 0 Å². The minimum atomic E-state index is -0.0801. The quantitative estimate of drug-likeness (QED) is 0.870.